The summed E-state index contributed by atoms with van der Waals surface area (Å²) in [6.45, 7) is 4.19. The minimum Gasteiger partial charge on any atom is -0.492 e. The molecule has 0 unspecified atom stereocenters. The Balaban J connectivity index is 1.58. The summed E-state index contributed by atoms with van der Waals surface area (Å²) in [5, 5.41) is 15.5. The normalized spacial score (nSPS) is 14.0. The summed E-state index contributed by atoms with van der Waals surface area (Å²) in [6.07, 6.45) is 4.36. The summed E-state index contributed by atoms with van der Waals surface area (Å²) >= 11 is 0. The number of ether oxygens (including phenoxy) is 1. The minimum absolute atomic E-state index is 0.113. The van der Waals surface area contributed by atoms with E-state index >= 15 is 0 Å². The van der Waals surface area contributed by atoms with Crippen molar-refractivity contribution >= 4 is 22.2 Å². The molecule has 2 aromatic carbocycles. The predicted octanol–water partition coefficient (Wildman–Crippen LogP) is 4.45. The third kappa shape index (κ3) is 4.46. The third-order valence-electron chi connectivity index (χ3n) is 5.35. The van der Waals surface area contributed by atoms with Crippen LogP contribution in [-0.2, 0) is 0 Å². The van der Waals surface area contributed by atoms with E-state index in [2.05, 4.69) is 15.3 Å². The molecule has 154 valence electrons. The van der Waals surface area contributed by atoms with Gasteiger partial charge in [0.2, 0.25) is 0 Å². The first-order valence-electron chi connectivity index (χ1n) is 10.1. The van der Waals surface area contributed by atoms with Crippen LogP contribution in [0.25, 0.3) is 16.5 Å². The highest BCUT2D eigenvalue weighted by molar-refractivity contribution is 5.84. The van der Waals surface area contributed by atoms with E-state index in [9.17, 15) is 10.1 Å². The number of hydrogen-bond acceptors (Lipinski definition) is 6. The zero-order valence-electron chi connectivity index (χ0n) is 16.9. The predicted molar refractivity (Wildman–Crippen MR) is 117 cm³/mol. The number of rotatable bonds is 6. The first-order chi connectivity index (χ1) is 14.6. The van der Waals surface area contributed by atoms with Crippen LogP contribution in [0, 0.1) is 17.0 Å². The van der Waals surface area contributed by atoms with Crippen LogP contribution in [0.15, 0.2) is 54.2 Å². The molecule has 1 aromatic heterocycles. The van der Waals surface area contributed by atoms with Gasteiger partial charge >= 0.3 is 0 Å². The Bertz CT molecular complexity index is 1100. The number of aryl methyl sites for hydroxylation is 1. The van der Waals surface area contributed by atoms with Crippen molar-refractivity contribution in [3.05, 3.63) is 75.7 Å². The Kier molecular flexibility index (Phi) is 5.99. The van der Waals surface area contributed by atoms with E-state index < -0.39 is 0 Å². The molecule has 0 spiro atoms. The number of non-ortho nitro benzene ring substituents is 1. The van der Waals surface area contributed by atoms with E-state index in [4.69, 9.17) is 4.74 Å². The number of nitrogens with zero attached hydrogens (tertiary/aromatic N) is 3. The Morgan fingerprint density at radius 3 is 2.80 bits per heavy atom. The Morgan fingerprint density at radius 1 is 1.20 bits per heavy atom. The maximum absolute atomic E-state index is 11.2. The van der Waals surface area contributed by atoms with Gasteiger partial charge in [0.15, 0.2) is 0 Å². The van der Waals surface area contributed by atoms with E-state index in [1.807, 2.05) is 31.2 Å². The molecule has 1 N–H and O–H groups in total. The van der Waals surface area contributed by atoms with Gasteiger partial charge in [-0.15, -0.1) is 0 Å². The molecule has 0 aliphatic carbocycles. The van der Waals surface area contributed by atoms with Gasteiger partial charge in [0, 0.05) is 24.8 Å². The van der Waals surface area contributed by atoms with Crippen LogP contribution < -0.4 is 10.1 Å². The van der Waals surface area contributed by atoms with Crippen molar-refractivity contribution in [2.24, 2.45) is 0 Å². The monoisotopic (exact) mass is 404 g/mol. The van der Waals surface area contributed by atoms with Crippen molar-refractivity contribution < 1.29 is 9.66 Å². The van der Waals surface area contributed by atoms with Crippen LogP contribution >= 0.6 is 0 Å². The smallest absolute Gasteiger partial charge is 0.270 e. The Labute approximate surface area is 175 Å². The van der Waals surface area contributed by atoms with Gasteiger partial charge in [0.05, 0.1) is 22.4 Å². The van der Waals surface area contributed by atoms with E-state index in [0.717, 1.165) is 59.5 Å². The molecule has 7 heteroatoms. The number of nitrogens with one attached hydrogen (secondary N) is 1. The fourth-order valence-electron chi connectivity index (χ4n) is 3.87. The molecular formula is C23H24N4O3. The zero-order chi connectivity index (χ0) is 20.9. The SMILES string of the molecule is Cc1ncc2c(OCCC(=C3CCNCC3)c3cccc([N+](=O)[O-])c3)cccc2n1. The van der Waals surface area contributed by atoms with Crippen LogP contribution in [-0.4, -0.2) is 34.6 Å². The molecule has 3 aromatic rings. The average Bonchev–Trinajstić information content (AvgIpc) is 2.77. The maximum atomic E-state index is 11.2. The molecule has 2 heterocycles. The van der Waals surface area contributed by atoms with Crippen molar-refractivity contribution in [1.82, 2.24) is 15.3 Å². The zero-order valence-corrected chi connectivity index (χ0v) is 16.9. The van der Waals surface area contributed by atoms with Crippen LogP contribution in [0.5, 0.6) is 5.75 Å². The molecule has 7 nitrogen and oxygen atoms in total. The third-order valence-corrected chi connectivity index (χ3v) is 5.35. The second kappa shape index (κ2) is 9.00. The Hall–Kier alpha value is -3.32. The van der Waals surface area contributed by atoms with E-state index in [0.29, 0.717) is 13.0 Å². The lowest BCUT2D eigenvalue weighted by Crippen LogP contribution is -2.24. The quantitative estimate of drug-likeness (QED) is 0.482. The standard InChI is InChI=1S/C23H24N4O3/c1-16-25-15-21-22(26-16)6-3-7-23(21)30-13-10-20(17-8-11-24-12-9-17)18-4-2-5-19(14-18)27(28)29/h2-7,14-15,24H,8-13H2,1H3. The van der Waals surface area contributed by atoms with Crippen molar-refractivity contribution in [1.29, 1.82) is 0 Å². The van der Waals surface area contributed by atoms with Crippen molar-refractivity contribution in [2.45, 2.75) is 26.2 Å². The van der Waals surface area contributed by atoms with E-state index in [1.165, 1.54) is 11.6 Å². The van der Waals surface area contributed by atoms with Gasteiger partial charge in [-0.25, -0.2) is 9.97 Å². The van der Waals surface area contributed by atoms with E-state index in [-0.39, 0.29) is 10.6 Å². The molecule has 0 bridgehead atoms. The van der Waals surface area contributed by atoms with Gasteiger partial charge in [-0.3, -0.25) is 10.1 Å². The number of hydrogen-bond donors (Lipinski definition) is 1. The van der Waals surface area contributed by atoms with Gasteiger partial charge in [-0.1, -0.05) is 23.8 Å². The first kappa shape index (κ1) is 20.0. The molecule has 1 saturated heterocycles. The summed E-state index contributed by atoms with van der Waals surface area (Å²) in [7, 11) is 0. The lowest BCUT2D eigenvalue weighted by atomic mass is 9.91. The summed E-state index contributed by atoms with van der Waals surface area (Å²) in [5.41, 5.74) is 4.36. The highest BCUT2D eigenvalue weighted by Gasteiger charge is 2.16. The van der Waals surface area contributed by atoms with Crippen molar-refractivity contribution in [3.63, 3.8) is 0 Å². The number of nitro benzene ring substituents is 1. The Morgan fingerprint density at radius 2 is 2.00 bits per heavy atom. The molecule has 1 aliphatic heterocycles. The number of piperidine rings is 1. The molecule has 1 aliphatic rings. The fraction of sp³-hybridized carbons (Fsp3) is 0.304. The summed E-state index contributed by atoms with van der Waals surface area (Å²) in [6, 6.07) is 12.7. The van der Waals surface area contributed by atoms with Crippen LogP contribution in [0.4, 0.5) is 5.69 Å². The average molecular weight is 404 g/mol. The van der Waals surface area contributed by atoms with Crippen molar-refractivity contribution in [3.8, 4) is 5.75 Å². The number of aromatic nitrogens is 2. The van der Waals surface area contributed by atoms with Crippen LogP contribution in [0.1, 0.15) is 30.7 Å². The second-order valence-electron chi connectivity index (χ2n) is 7.34. The van der Waals surface area contributed by atoms with Gasteiger partial charge in [-0.05, 0) is 56.1 Å². The van der Waals surface area contributed by atoms with Crippen LogP contribution in [0.3, 0.4) is 0 Å². The number of nitro groups is 1. The summed E-state index contributed by atoms with van der Waals surface area (Å²) in [5.74, 6) is 1.48. The number of benzene rings is 2. The van der Waals surface area contributed by atoms with Gasteiger partial charge in [0.25, 0.3) is 5.69 Å². The number of fused-ring (bicyclic) bond motifs is 1. The first-order valence-corrected chi connectivity index (χ1v) is 10.1. The molecule has 0 atom stereocenters. The minimum atomic E-state index is -0.344. The second-order valence-corrected chi connectivity index (χ2v) is 7.34. The largest absolute Gasteiger partial charge is 0.492 e. The molecule has 0 saturated carbocycles. The summed E-state index contributed by atoms with van der Waals surface area (Å²) < 4.78 is 6.12. The van der Waals surface area contributed by atoms with Gasteiger partial charge in [0.1, 0.15) is 11.6 Å². The molecule has 0 radical (unpaired) electrons. The molecule has 1 fully saturated rings. The summed E-state index contributed by atoms with van der Waals surface area (Å²) in [4.78, 5) is 19.6. The highest BCUT2D eigenvalue weighted by atomic mass is 16.6. The molecule has 30 heavy (non-hydrogen) atoms. The molecule has 4 rings (SSSR count). The van der Waals surface area contributed by atoms with Gasteiger partial charge in [-0.2, -0.15) is 0 Å². The highest BCUT2D eigenvalue weighted by Crippen LogP contribution is 2.31. The topological polar surface area (TPSA) is 90.2 Å². The molecular weight excluding hydrogens is 380 g/mol. The lowest BCUT2D eigenvalue weighted by Gasteiger charge is -2.21. The van der Waals surface area contributed by atoms with Crippen LogP contribution in [0.2, 0.25) is 0 Å². The lowest BCUT2D eigenvalue weighted by molar-refractivity contribution is -0.384. The van der Waals surface area contributed by atoms with Gasteiger partial charge < -0.3 is 10.1 Å². The van der Waals surface area contributed by atoms with E-state index in [1.54, 1.807) is 18.3 Å². The van der Waals surface area contributed by atoms with Crippen molar-refractivity contribution in [2.75, 3.05) is 19.7 Å². The fourth-order valence-corrected chi connectivity index (χ4v) is 3.87. The molecule has 0 amide bonds. The maximum Gasteiger partial charge on any atom is 0.270 e.